The highest BCUT2D eigenvalue weighted by molar-refractivity contribution is 5.82. The van der Waals surface area contributed by atoms with Crippen LogP contribution < -0.4 is 0 Å². The van der Waals surface area contributed by atoms with E-state index in [0.717, 1.165) is 7.11 Å². The van der Waals surface area contributed by atoms with Crippen LogP contribution in [-0.4, -0.2) is 25.2 Å². The molecule has 0 unspecified atom stereocenters. The molecule has 0 saturated heterocycles. The van der Waals surface area contributed by atoms with Crippen molar-refractivity contribution in [1.29, 1.82) is 0 Å². The number of ether oxygens (including phenoxy) is 2. The molecule has 0 aromatic heterocycles. The summed E-state index contributed by atoms with van der Waals surface area (Å²) in [6, 6.07) is 7.29. The normalized spacial score (nSPS) is 12.7. The fourth-order valence-electron chi connectivity index (χ4n) is 1.16. The van der Waals surface area contributed by atoms with Gasteiger partial charge in [0.25, 0.3) is 0 Å². The molecule has 0 radical (unpaired) electrons. The summed E-state index contributed by atoms with van der Waals surface area (Å²) in [6.45, 7) is 0. The number of alkyl halides is 3. The predicted molar refractivity (Wildman–Crippen MR) is 53.3 cm³/mol. The van der Waals surface area contributed by atoms with Gasteiger partial charge in [-0.2, -0.15) is 13.2 Å². The van der Waals surface area contributed by atoms with Crippen LogP contribution >= 0.6 is 0 Å². The first-order valence-corrected chi connectivity index (χ1v) is 4.77. The van der Waals surface area contributed by atoms with Crippen molar-refractivity contribution >= 4 is 11.9 Å². The summed E-state index contributed by atoms with van der Waals surface area (Å²) in [5.41, 5.74) is 0.0990. The lowest BCUT2D eigenvalue weighted by atomic mass is 10.1. The minimum atomic E-state index is -5.17. The largest absolute Gasteiger partial charge is 0.490 e. The van der Waals surface area contributed by atoms with Crippen LogP contribution in [0.5, 0.6) is 0 Å². The Bertz CT molecular complexity index is 428. The molecule has 0 saturated carbocycles. The highest BCUT2D eigenvalue weighted by Crippen LogP contribution is 2.24. The van der Waals surface area contributed by atoms with Crippen molar-refractivity contribution in [3.63, 3.8) is 0 Å². The minimum Gasteiger partial charge on any atom is -0.466 e. The van der Waals surface area contributed by atoms with Gasteiger partial charge in [0.2, 0.25) is 6.10 Å². The second-order valence-corrected chi connectivity index (χ2v) is 3.22. The van der Waals surface area contributed by atoms with Crippen molar-refractivity contribution in [3.8, 4) is 0 Å². The monoisotopic (exact) mass is 262 g/mol. The molecule has 0 bridgehead atoms. The lowest BCUT2D eigenvalue weighted by molar-refractivity contribution is -0.208. The van der Waals surface area contributed by atoms with Crippen molar-refractivity contribution in [3.05, 3.63) is 35.9 Å². The average molecular weight is 262 g/mol. The molecule has 0 N–H and O–H groups in total. The molecule has 0 spiro atoms. The van der Waals surface area contributed by atoms with Crippen LogP contribution in [-0.2, 0) is 19.1 Å². The molecular weight excluding hydrogens is 253 g/mol. The zero-order valence-electron chi connectivity index (χ0n) is 9.23. The maximum atomic E-state index is 12.1. The lowest BCUT2D eigenvalue weighted by Crippen LogP contribution is -2.30. The Morgan fingerprint density at radius 1 is 1.17 bits per heavy atom. The summed E-state index contributed by atoms with van der Waals surface area (Å²) in [5, 5.41) is 0. The van der Waals surface area contributed by atoms with Crippen LogP contribution in [0.4, 0.5) is 13.2 Å². The maximum Gasteiger partial charge on any atom is 0.490 e. The maximum absolute atomic E-state index is 12.1. The molecule has 0 aliphatic carbocycles. The second kappa shape index (κ2) is 5.52. The number of halogens is 3. The van der Waals surface area contributed by atoms with E-state index in [2.05, 4.69) is 9.47 Å². The van der Waals surface area contributed by atoms with Gasteiger partial charge in [-0.05, 0) is 0 Å². The van der Waals surface area contributed by atoms with Crippen LogP contribution in [0.15, 0.2) is 30.3 Å². The SMILES string of the molecule is COC(=O)[C@@H](OC(=O)C(F)(F)F)c1ccccc1. The molecule has 4 nitrogen and oxygen atoms in total. The molecule has 1 atom stereocenters. The molecule has 7 heteroatoms. The standard InChI is InChI=1S/C11H9F3O4/c1-17-9(15)8(7-5-3-2-4-6-7)18-10(16)11(12,13)14/h2-6,8H,1H3/t8-/m0/s1. The Balaban J connectivity index is 2.95. The van der Waals surface area contributed by atoms with E-state index in [0.29, 0.717) is 0 Å². The molecule has 0 aliphatic heterocycles. The van der Waals surface area contributed by atoms with Crippen molar-refractivity contribution in [2.24, 2.45) is 0 Å². The van der Waals surface area contributed by atoms with E-state index in [1.54, 1.807) is 6.07 Å². The van der Waals surface area contributed by atoms with Crippen LogP contribution in [0.1, 0.15) is 11.7 Å². The van der Waals surface area contributed by atoms with E-state index in [9.17, 15) is 22.8 Å². The topological polar surface area (TPSA) is 52.6 Å². The third-order valence-corrected chi connectivity index (χ3v) is 1.97. The molecular formula is C11H9F3O4. The van der Waals surface area contributed by atoms with E-state index in [1.165, 1.54) is 24.3 Å². The highest BCUT2D eigenvalue weighted by atomic mass is 19.4. The Kier molecular flexibility index (Phi) is 4.30. The van der Waals surface area contributed by atoms with Crippen LogP contribution in [0.2, 0.25) is 0 Å². The zero-order valence-corrected chi connectivity index (χ0v) is 9.23. The van der Waals surface area contributed by atoms with Gasteiger partial charge in [-0.1, -0.05) is 30.3 Å². The number of methoxy groups -OCH3 is 1. The lowest BCUT2D eigenvalue weighted by Gasteiger charge is -2.16. The van der Waals surface area contributed by atoms with Gasteiger partial charge in [0.1, 0.15) is 0 Å². The molecule has 0 aliphatic rings. The number of carbonyl (C=O) groups excluding carboxylic acids is 2. The number of esters is 2. The van der Waals surface area contributed by atoms with Gasteiger partial charge >= 0.3 is 18.1 Å². The third kappa shape index (κ3) is 3.47. The molecule has 0 heterocycles. The number of hydrogen-bond donors (Lipinski definition) is 0. The minimum absolute atomic E-state index is 0.0990. The first-order valence-electron chi connectivity index (χ1n) is 4.77. The molecule has 1 aromatic carbocycles. The summed E-state index contributed by atoms with van der Waals surface area (Å²) < 4.78 is 44.6. The van der Waals surface area contributed by atoms with Gasteiger partial charge in [0.15, 0.2) is 0 Å². The molecule has 0 fully saturated rings. The molecule has 1 aromatic rings. The predicted octanol–water partition coefficient (Wildman–Crippen LogP) is 2.01. The van der Waals surface area contributed by atoms with Gasteiger partial charge in [0, 0.05) is 5.56 Å². The first-order chi connectivity index (χ1) is 8.36. The second-order valence-electron chi connectivity index (χ2n) is 3.22. The molecule has 0 amide bonds. The number of benzene rings is 1. The van der Waals surface area contributed by atoms with E-state index in [-0.39, 0.29) is 5.56 Å². The third-order valence-electron chi connectivity index (χ3n) is 1.97. The fourth-order valence-corrected chi connectivity index (χ4v) is 1.16. The molecule has 1 rings (SSSR count). The van der Waals surface area contributed by atoms with Crippen LogP contribution in [0.3, 0.4) is 0 Å². The molecule has 18 heavy (non-hydrogen) atoms. The summed E-state index contributed by atoms with van der Waals surface area (Å²) in [5.74, 6) is -3.53. The van der Waals surface area contributed by atoms with Gasteiger partial charge in [0.05, 0.1) is 7.11 Å². The Morgan fingerprint density at radius 2 is 1.72 bits per heavy atom. The number of rotatable bonds is 3. The van der Waals surface area contributed by atoms with E-state index >= 15 is 0 Å². The van der Waals surface area contributed by atoms with Crippen molar-refractivity contribution in [1.82, 2.24) is 0 Å². The summed E-state index contributed by atoms with van der Waals surface area (Å²) in [7, 11) is 0.986. The Labute approximate surface area is 100 Å². The van der Waals surface area contributed by atoms with Crippen molar-refractivity contribution < 1.29 is 32.2 Å². The molecule has 98 valence electrons. The van der Waals surface area contributed by atoms with Gasteiger partial charge in [-0.3, -0.25) is 0 Å². The number of hydrogen-bond acceptors (Lipinski definition) is 4. The van der Waals surface area contributed by atoms with E-state index < -0.39 is 24.2 Å². The van der Waals surface area contributed by atoms with Gasteiger partial charge < -0.3 is 9.47 Å². The van der Waals surface area contributed by atoms with Gasteiger partial charge in [-0.15, -0.1) is 0 Å². The zero-order chi connectivity index (χ0) is 13.8. The first kappa shape index (κ1) is 14.0. The van der Waals surface area contributed by atoms with Gasteiger partial charge in [-0.25, -0.2) is 9.59 Å². The smallest absolute Gasteiger partial charge is 0.466 e. The van der Waals surface area contributed by atoms with E-state index in [1.807, 2.05) is 0 Å². The average Bonchev–Trinajstić information content (AvgIpc) is 2.34. The summed E-state index contributed by atoms with van der Waals surface area (Å²) >= 11 is 0. The summed E-state index contributed by atoms with van der Waals surface area (Å²) in [4.78, 5) is 22.0. The quantitative estimate of drug-likeness (QED) is 0.782. The fraction of sp³-hybridized carbons (Fsp3) is 0.273. The Hall–Kier alpha value is -2.05. The summed E-state index contributed by atoms with van der Waals surface area (Å²) in [6.07, 6.45) is -6.90. The van der Waals surface area contributed by atoms with E-state index in [4.69, 9.17) is 0 Å². The van der Waals surface area contributed by atoms with Crippen molar-refractivity contribution in [2.75, 3.05) is 7.11 Å². The van der Waals surface area contributed by atoms with Crippen LogP contribution in [0.25, 0.3) is 0 Å². The van der Waals surface area contributed by atoms with Crippen molar-refractivity contribution in [2.45, 2.75) is 12.3 Å². The highest BCUT2D eigenvalue weighted by Gasteiger charge is 2.43. The Morgan fingerprint density at radius 3 is 2.17 bits per heavy atom. The van der Waals surface area contributed by atoms with Crippen LogP contribution in [0, 0.1) is 0 Å². The number of carbonyl (C=O) groups is 2.